The average molecular weight is 1620 g/mol. The summed E-state index contributed by atoms with van der Waals surface area (Å²) in [4.78, 5) is 73.4. The van der Waals surface area contributed by atoms with E-state index in [4.69, 9.17) is 37.0 Å². The van der Waals surface area contributed by atoms with Gasteiger partial charge in [-0.2, -0.15) is 0 Å². The van der Waals surface area contributed by atoms with E-state index in [9.17, 15) is 43.2 Å². The van der Waals surface area contributed by atoms with Crippen LogP contribution >= 0.6 is 15.6 Å². The molecule has 0 radical (unpaired) electrons. The first-order valence-electron chi connectivity index (χ1n) is 47.3. The molecule has 0 aliphatic carbocycles. The van der Waals surface area contributed by atoms with Crippen LogP contribution in [0.3, 0.4) is 0 Å². The maximum atomic E-state index is 13.2. The van der Waals surface area contributed by atoms with E-state index in [1.165, 1.54) is 283 Å². The summed E-state index contributed by atoms with van der Waals surface area (Å²) in [6.07, 6.45) is 72.4. The molecule has 5 unspecified atom stereocenters. The van der Waals surface area contributed by atoms with Gasteiger partial charge in [-0.05, 0) is 49.4 Å². The Morgan fingerprint density at radius 1 is 0.252 bits per heavy atom. The highest BCUT2D eigenvalue weighted by atomic mass is 31.2. The van der Waals surface area contributed by atoms with Gasteiger partial charge in [0.05, 0.1) is 26.4 Å². The minimum atomic E-state index is -4.97. The molecule has 0 spiro atoms. The van der Waals surface area contributed by atoms with Gasteiger partial charge in [-0.1, -0.05) is 434 Å². The number of phosphoric acid groups is 2. The Labute approximate surface area is 683 Å². The SMILES string of the molecule is CCC(C)CCCCCCCCCCCCCCCCCCCCC(=O)OC[C@H](COP(=O)(O)OC[C@@H](O)COP(=O)(O)OC[C@@H](COC(=O)CCCCCCCCC(C)C)OC(=O)CCCCCCCCCCCCCCCCCCCCC(C)CC)OC(=O)CCCCCCCCCCCCCCCCC(C)CC. The van der Waals surface area contributed by atoms with Gasteiger partial charge in [0, 0.05) is 25.7 Å². The van der Waals surface area contributed by atoms with Crippen LogP contribution in [-0.2, 0) is 65.4 Å². The third-order valence-corrected chi connectivity index (χ3v) is 24.6. The zero-order valence-electron chi connectivity index (χ0n) is 73.6. The fraction of sp³-hybridized carbons (Fsp3) is 0.957. The van der Waals surface area contributed by atoms with Crippen molar-refractivity contribution in [3.05, 3.63) is 0 Å². The number of rotatable bonds is 89. The van der Waals surface area contributed by atoms with Crippen LogP contribution in [0.4, 0.5) is 0 Å². The lowest BCUT2D eigenvalue weighted by Crippen LogP contribution is -2.30. The van der Waals surface area contributed by atoms with E-state index in [1.54, 1.807) is 0 Å². The van der Waals surface area contributed by atoms with Crippen LogP contribution in [0, 0.1) is 23.7 Å². The average Bonchev–Trinajstić information content (AvgIpc) is 0.899. The molecular weight excluding hydrogens is 1440 g/mol. The summed E-state index contributed by atoms with van der Waals surface area (Å²) in [6.45, 7) is 14.4. The number of phosphoric ester groups is 2. The van der Waals surface area contributed by atoms with Crippen molar-refractivity contribution in [2.24, 2.45) is 23.7 Å². The first-order chi connectivity index (χ1) is 53.7. The molecule has 0 fully saturated rings. The topological polar surface area (TPSA) is 237 Å². The summed E-state index contributed by atoms with van der Waals surface area (Å²) >= 11 is 0. The second-order valence-electron chi connectivity index (χ2n) is 34.3. The summed E-state index contributed by atoms with van der Waals surface area (Å²) < 4.78 is 69.0. The molecule has 0 saturated carbocycles. The highest BCUT2D eigenvalue weighted by Gasteiger charge is 2.31. The highest BCUT2D eigenvalue weighted by Crippen LogP contribution is 2.45. The van der Waals surface area contributed by atoms with Gasteiger partial charge in [0.1, 0.15) is 19.3 Å². The van der Waals surface area contributed by atoms with Crippen LogP contribution < -0.4 is 0 Å². The third-order valence-electron chi connectivity index (χ3n) is 22.7. The largest absolute Gasteiger partial charge is 0.472 e. The molecular formula is C92H180O17P2. The van der Waals surface area contributed by atoms with Crippen molar-refractivity contribution in [2.75, 3.05) is 39.6 Å². The number of ether oxygens (including phenoxy) is 4. The smallest absolute Gasteiger partial charge is 0.462 e. The van der Waals surface area contributed by atoms with E-state index in [0.717, 1.165) is 114 Å². The number of hydrogen-bond acceptors (Lipinski definition) is 15. The van der Waals surface area contributed by atoms with E-state index in [1.807, 2.05) is 0 Å². The Hall–Kier alpha value is -1.94. The van der Waals surface area contributed by atoms with Crippen LogP contribution in [0.2, 0.25) is 0 Å². The minimum absolute atomic E-state index is 0.107. The Bertz CT molecular complexity index is 2150. The van der Waals surface area contributed by atoms with Gasteiger partial charge < -0.3 is 33.8 Å². The molecule has 660 valence electrons. The zero-order chi connectivity index (χ0) is 81.6. The van der Waals surface area contributed by atoms with Crippen molar-refractivity contribution in [1.82, 2.24) is 0 Å². The molecule has 0 aromatic heterocycles. The number of unbranched alkanes of at least 4 members (excludes halogenated alkanes) is 52. The number of carbonyl (C=O) groups is 4. The maximum Gasteiger partial charge on any atom is 0.472 e. The van der Waals surface area contributed by atoms with Gasteiger partial charge in [0.15, 0.2) is 12.2 Å². The quantitative estimate of drug-likeness (QED) is 0.0222. The lowest BCUT2D eigenvalue weighted by molar-refractivity contribution is -0.161. The monoisotopic (exact) mass is 1620 g/mol. The fourth-order valence-electron chi connectivity index (χ4n) is 14.3. The fourth-order valence-corrected chi connectivity index (χ4v) is 15.9. The van der Waals surface area contributed by atoms with E-state index in [2.05, 4.69) is 55.4 Å². The summed E-state index contributed by atoms with van der Waals surface area (Å²) in [7, 11) is -9.94. The Balaban J connectivity index is 5.18. The van der Waals surface area contributed by atoms with Crippen molar-refractivity contribution in [2.45, 2.75) is 504 Å². The maximum absolute atomic E-state index is 13.2. The first-order valence-corrected chi connectivity index (χ1v) is 50.3. The molecule has 0 aliphatic rings. The van der Waals surface area contributed by atoms with Crippen LogP contribution in [0.1, 0.15) is 486 Å². The predicted molar refractivity (Wildman–Crippen MR) is 460 cm³/mol. The number of aliphatic hydroxyl groups is 1. The second kappa shape index (κ2) is 80.5. The van der Waals surface area contributed by atoms with Crippen molar-refractivity contribution >= 4 is 39.5 Å². The highest BCUT2D eigenvalue weighted by molar-refractivity contribution is 7.47. The molecule has 17 nitrogen and oxygen atoms in total. The Kier molecular flexibility index (Phi) is 79.1. The van der Waals surface area contributed by atoms with Gasteiger partial charge in [-0.3, -0.25) is 37.3 Å². The third kappa shape index (κ3) is 81.6. The second-order valence-corrected chi connectivity index (χ2v) is 37.2. The summed E-state index contributed by atoms with van der Waals surface area (Å²) in [5.74, 6) is 1.17. The van der Waals surface area contributed by atoms with Crippen LogP contribution in [0.15, 0.2) is 0 Å². The van der Waals surface area contributed by atoms with Crippen LogP contribution in [0.5, 0.6) is 0 Å². The lowest BCUT2D eigenvalue weighted by atomic mass is 9.99. The molecule has 3 N–H and O–H groups in total. The van der Waals surface area contributed by atoms with Gasteiger partial charge in [0.2, 0.25) is 0 Å². The van der Waals surface area contributed by atoms with E-state index < -0.39 is 97.5 Å². The van der Waals surface area contributed by atoms with E-state index in [-0.39, 0.29) is 25.7 Å². The summed E-state index contributed by atoms with van der Waals surface area (Å²) in [5, 5.41) is 10.7. The summed E-state index contributed by atoms with van der Waals surface area (Å²) in [5.41, 5.74) is 0. The van der Waals surface area contributed by atoms with Crippen molar-refractivity contribution < 1.29 is 80.2 Å². The standard InChI is InChI=1S/C92H180O17P2/c1-9-83(6)69-61-53-44-38-32-26-20-16-12-14-18-22-29-35-41-47-56-64-72-89(94)102-78-87(108-91(96)74-67-59-49-43-37-31-25-24-28-34-40-46-55-63-71-85(8)11-3)80-106-110(98,99)104-76-86(93)77-105-111(100,101)107-81-88(79-103-90(95)73-65-57-51-50-52-60-68-82(4)5)109-92(97)75-66-58-48-42-36-30-23-19-15-13-17-21-27-33-39-45-54-62-70-84(7)10-2/h82-88,93H,9-81H2,1-8H3,(H,98,99)(H,100,101)/t83?,84?,85?,86-,87-,88-/m1/s1. The van der Waals surface area contributed by atoms with Gasteiger partial charge >= 0.3 is 39.5 Å². The molecule has 0 aromatic rings. The lowest BCUT2D eigenvalue weighted by Gasteiger charge is -2.21. The van der Waals surface area contributed by atoms with Crippen molar-refractivity contribution in [3.8, 4) is 0 Å². The molecule has 0 amide bonds. The molecule has 0 aromatic carbocycles. The van der Waals surface area contributed by atoms with Crippen molar-refractivity contribution in [3.63, 3.8) is 0 Å². The summed E-state index contributed by atoms with van der Waals surface area (Å²) in [6, 6.07) is 0. The number of esters is 4. The molecule has 0 saturated heterocycles. The van der Waals surface area contributed by atoms with E-state index in [0.29, 0.717) is 31.6 Å². The molecule has 0 heterocycles. The van der Waals surface area contributed by atoms with Crippen molar-refractivity contribution in [1.29, 1.82) is 0 Å². The van der Waals surface area contributed by atoms with Gasteiger partial charge in [-0.25, -0.2) is 9.13 Å². The Morgan fingerprint density at radius 3 is 0.640 bits per heavy atom. The Morgan fingerprint density at radius 2 is 0.432 bits per heavy atom. The molecule has 0 rings (SSSR count). The van der Waals surface area contributed by atoms with E-state index >= 15 is 0 Å². The molecule has 111 heavy (non-hydrogen) atoms. The van der Waals surface area contributed by atoms with Crippen LogP contribution in [-0.4, -0.2) is 96.7 Å². The predicted octanol–water partition coefficient (Wildman–Crippen LogP) is 28.3. The van der Waals surface area contributed by atoms with Crippen LogP contribution in [0.25, 0.3) is 0 Å². The number of carbonyl (C=O) groups excluding carboxylic acids is 4. The van der Waals surface area contributed by atoms with Gasteiger partial charge in [0.25, 0.3) is 0 Å². The number of hydrogen-bond donors (Lipinski definition) is 3. The molecule has 19 heteroatoms. The first kappa shape index (κ1) is 109. The zero-order valence-corrected chi connectivity index (χ0v) is 75.4. The normalized spacial score (nSPS) is 14.6. The number of aliphatic hydroxyl groups excluding tert-OH is 1. The molecule has 0 aliphatic heterocycles. The minimum Gasteiger partial charge on any atom is -0.462 e. The molecule has 0 bridgehead atoms. The molecule has 8 atom stereocenters. The van der Waals surface area contributed by atoms with Gasteiger partial charge in [-0.15, -0.1) is 0 Å².